The highest BCUT2D eigenvalue weighted by Crippen LogP contribution is 2.25. The number of nitrogens with one attached hydrogen (secondary N) is 1. The van der Waals surface area contributed by atoms with Crippen molar-refractivity contribution in [1.82, 2.24) is 4.98 Å². The number of esters is 1. The van der Waals surface area contributed by atoms with Gasteiger partial charge in [-0.1, -0.05) is 11.6 Å². The lowest BCUT2D eigenvalue weighted by molar-refractivity contribution is -0.384. The van der Waals surface area contributed by atoms with Crippen LogP contribution in [0.2, 0.25) is 5.02 Å². The van der Waals surface area contributed by atoms with Crippen LogP contribution in [0.15, 0.2) is 24.4 Å². The number of hydrogen-bond donors (Lipinski definition) is 1. The van der Waals surface area contributed by atoms with Crippen molar-refractivity contribution < 1.29 is 24.2 Å². The number of hydrogen-bond acceptors (Lipinski definition) is 9. The van der Waals surface area contributed by atoms with E-state index in [9.17, 15) is 29.8 Å². The number of carbonyl (C=O) groups excluding carboxylic acids is 2. The molecule has 1 heterocycles. The predicted molar refractivity (Wildman–Crippen MR) is 85.8 cm³/mol. The predicted octanol–water partition coefficient (Wildman–Crippen LogP) is 2.41. The molecule has 0 aliphatic carbocycles. The average Bonchev–Trinajstić information content (AvgIpc) is 3.01. The second-order valence-electron chi connectivity index (χ2n) is 4.31. The molecule has 13 heteroatoms. The van der Waals surface area contributed by atoms with Gasteiger partial charge in [0.2, 0.25) is 0 Å². The fourth-order valence-corrected chi connectivity index (χ4v) is 2.40. The van der Waals surface area contributed by atoms with Gasteiger partial charge in [-0.2, -0.15) is 0 Å². The van der Waals surface area contributed by atoms with Gasteiger partial charge in [-0.15, -0.1) is 0 Å². The summed E-state index contributed by atoms with van der Waals surface area (Å²) in [4.78, 5) is 47.0. The third-order valence-corrected chi connectivity index (χ3v) is 3.83. The van der Waals surface area contributed by atoms with Crippen molar-refractivity contribution in [2.24, 2.45) is 0 Å². The monoisotopic (exact) mass is 386 g/mol. The van der Waals surface area contributed by atoms with E-state index in [4.69, 9.17) is 16.3 Å². The number of halogens is 1. The van der Waals surface area contributed by atoms with Gasteiger partial charge in [-0.3, -0.25) is 30.3 Å². The summed E-state index contributed by atoms with van der Waals surface area (Å²) in [5.74, 6) is -1.83. The van der Waals surface area contributed by atoms with Crippen molar-refractivity contribution in [1.29, 1.82) is 0 Å². The lowest BCUT2D eigenvalue weighted by atomic mass is 10.2. The minimum absolute atomic E-state index is 0.0406. The standard InChI is InChI=1S/C12H7ClN4O7S/c13-8-2-1-6(16(20)21)3-7(8)11(19)24-5-9(18)15-12-14-4-10(25-12)17(22)23/h1-4H,5H2,(H,14,15,18). The fourth-order valence-electron chi connectivity index (χ4n) is 1.56. The van der Waals surface area contributed by atoms with Gasteiger partial charge in [0.1, 0.15) is 6.20 Å². The number of carbonyl (C=O) groups is 2. The van der Waals surface area contributed by atoms with Crippen molar-refractivity contribution in [3.8, 4) is 0 Å². The van der Waals surface area contributed by atoms with Crippen LogP contribution in [-0.2, 0) is 9.53 Å². The highest BCUT2D eigenvalue weighted by Gasteiger charge is 2.19. The molecule has 0 fully saturated rings. The van der Waals surface area contributed by atoms with Crippen LogP contribution in [0.4, 0.5) is 15.8 Å². The van der Waals surface area contributed by atoms with Crippen LogP contribution in [0.25, 0.3) is 0 Å². The maximum atomic E-state index is 11.9. The van der Waals surface area contributed by atoms with E-state index in [1.165, 1.54) is 0 Å². The molecule has 0 radical (unpaired) electrons. The van der Waals surface area contributed by atoms with Crippen LogP contribution in [0.5, 0.6) is 0 Å². The summed E-state index contributed by atoms with van der Waals surface area (Å²) in [6.07, 6.45) is 0.967. The summed E-state index contributed by atoms with van der Waals surface area (Å²) < 4.78 is 4.72. The molecule has 1 aromatic heterocycles. The van der Waals surface area contributed by atoms with Crippen LogP contribution in [-0.4, -0.2) is 33.3 Å². The first kappa shape index (κ1) is 18.2. The topological polar surface area (TPSA) is 155 Å². The number of nitro benzene ring substituents is 1. The Bertz CT molecular complexity index is 869. The van der Waals surface area contributed by atoms with Crippen molar-refractivity contribution >= 4 is 50.6 Å². The lowest BCUT2D eigenvalue weighted by Gasteiger charge is -2.06. The lowest BCUT2D eigenvalue weighted by Crippen LogP contribution is -2.21. The van der Waals surface area contributed by atoms with E-state index in [0.717, 1.165) is 24.4 Å². The van der Waals surface area contributed by atoms with E-state index in [2.05, 4.69) is 10.3 Å². The molecule has 2 aromatic rings. The zero-order valence-electron chi connectivity index (χ0n) is 12.0. The van der Waals surface area contributed by atoms with E-state index >= 15 is 0 Å². The Morgan fingerprint density at radius 1 is 1.28 bits per heavy atom. The first-order chi connectivity index (χ1) is 11.8. The molecule has 0 unspecified atom stereocenters. The highest BCUT2D eigenvalue weighted by molar-refractivity contribution is 7.18. The Morgan fingerprint density at radius 3 is 2.60 bits per heavy atom. The molecule has 130 valence electrons. The van der Waals surface area contributed by atoms with E-state index in [-0.39, 0.29) is 26.4 Å². The van der Waals surface area contributed by atoms with Gasteiger partial charge in [-0.25, -0.2) is 9.78 Å². The average molecular weight is 387 g/mol. The van der Waals surface area contributed by atoms with Gasteiger partial charge in [0.25, 0.3) is 11.6 Å². The van der Waals surface area contributed by atoms with Crippen LogP contribution in [0.1, 0.15) is 10.4 Å². The summed E-state index contributed by atoms with van der Waals surface area (Å²) in [6, 6.07) is 3.19. The summed E-state index contributed by atoms with van der Waals surface area (Å²) in [5.41, 5.74) is -0.635. The molecule has 0 spiro atoms. The molecule has 1 aromatic carbocycles. The molecular weight excluding hydrogens is 380 g/mol. The van der Waals surface area contributed by atoms with Crippen LogP contribution in [0.3, 0.4) is 0 Å². The molecule has 0 saturated heterocycles. The summed E-state index contributed by atoms with van der Waals surface area (Å²) in [6.45, 7) is -0.731. The number of nitrogens with zero attached hydrogens (tertiary/aromatic N) is 3. The van der Waals surface area contributed by atoms with Crippen molar-refractivity contribution in [2.75, 3.05) is 11.9 Å². The number of ether oxygens (including phenoxy) is 1. The molecule has 0 aliphatic rings. The Morgan fingerprint density at radius 2 is 2.00 bits per heavy atom. The van der Waals surface area contributed by atoms with Gasteiger partial charge in [0, 0.05) is 12.1 Å². The van der Waals surface area contributed by atoms with Crippen molar-refractivity contribution in [3.63, 3.8) is 0 Å². The first-order valence-corrected chi connectivity index (χ1v) is 7.48. The van der Waals surface area contributed by atoms with Crippen molar-refractivity contribution in [2.45, 2.75) is 0 Å². The van der Waals surface area contributed by atoms with Crippen molar-refractivity contribution in [3.05, 3.63) is 55.2 Å². The van der Waals surface area contributed by atoms with Gasteiger partial charge >= 0.3 is 11.0 Å². The second kappa shape index (κ2) is 7.63. The quantitative estimate of drug-likeness (QED) is 0.450. The SMILES string of the molecule is O=C(COC(=O)c1cc([N+](=O)[O-])ccc1Cl)Nc1ncc([N+](=O)[O-])s1. The zero-order valence-corrected chi connectivity index (χ0v) is 13.6. The number of non-ortho nitro benzene ring substituents is 1. The van der Waals surface area contributed by atoms with E-state index in [1.54, 1.807) is 0 Å². The van der Waals surface area contributed by atoms with E-state index in [0.29, 0.717) is 11.3 Å². The minimum atomic E-state index is -1.03. The third kappa shape index (κ3) is 4.68. The maximum absolute atomic E-state index is 11.9. The molecule has 0 saturated carbocycles. The van der Waals surface area contributed by atoms with E-state index < -0.39 is 28.3 Å². The molecular formula is C12H7ClN4O7S. The second-order valence-corrected chi connectivity index (χ2v) is 5.72. The smallest absolute Gasteiger partial charge is 0.345 e. The van der Waals surface area contributed by atoms with Gasteiger partial charge in [0.15, 0.2) is 11.7 Å². The maximum Gasteiger partial charge on any atom is 0.345 e. The largest absolute Gasteiger partial charge is 0.452 e. The van der Waals surface area contributed by atoms with Crippen LogP contribution >= 0.6 is 22.9 Å². The third-order valence-electron chi connectivity index (χ3n) is 2.63. The van der Waals surface area contributed by atoms with Crippen LogP contribution in [0, 0.1) is 20.2 Å². The zero-order chi connectivity index (χ0) is 18.6. The molecule has 2 rings (SSSR count). The van der Waals surface area contributed by atoms with Gasteiger partial charge in [-0.05, 0) is 17.4 Å². The number of nitro groups is 2. The number of thiazole rings is 1. The minimum Gasteiger partial charge on any atom is -0.452 e. The number of benzene rings is 1. The first-order valence-electron chi connectivity index (χ1n) is 6.29. The number of rotatable bonds is 6. The number of aromatic nitrogens is 1. The molecule has 0 atom stereocenters. The highest BCUT2D eigenvalue weighted by atomic mass is 35.5. The van der Waals surface area contributed by atoms with Gasteiger partial charge in [0.05, 0.1) is 20.4 Å². The Hall–Kier alpha value is -3.12. The molecule has 1 amide bonds. The normalized spacial score (nSPS) is 10.1. The molecule has 0 aliphatic heterocycles. The number of amides is 1. The summed E-state index contributed by atoms with van der Waals surface area (Å²) in [7, 11) is 0. The van der Waals surface area contributed by atoms with Crippen LogP contribution < -0.4 is 5.32 Å². The van der Waals surface area contributed by atoms with E-state index in [1.807, 2.05) is 0 Å². The van der Waals surface area contributed by atoms with Gasteiger partial charge < -0.3 is 4.74 Å². The molecule has 1 N–H and O–H groups in total. The fraction of sp³-hybridized carbons (Fsp3) is 0.0833. The Kier molecular flexibility index (Phi) is 5.56. The molecule has 11 nitrogen and oxygen atoms in total. The summed E-state index contributed by atoms with van der Waals surface area (Å²) >= 11 is 6.41. The summed E-state index contributed by atoms with van der Waals surface area (Å²) in [5, 5.41) is 23.0. The Balaban J connectivity index is 1.97. The molecule has 25 heavy (non-hydrogen) atoms. The molecule has 0 bridgehead atoms. The Labute approximate surface area is 147 Å². The number of anilines is 1.